The quantitative estimate of drug-likeness (QED) is 0.723. The zero-order chi connectivity index (χ0) is 18.4. The molecule has 25 heavy (non-hydrogen) atoms. The summed E-state index contributed by atoms with van der Waals surface area (Å²) in [6.45, 7) is 2.12. The Balaban J connectivity index is 2.43. The van der Waals surface area contributed by atoms with Gasteiger partial charge < -0.3 is 18.9 Å². The summed E-state index contributed by atoms with van der Waals surface area (Å²) in [5, 5.41) is 0. The highest BCUT2D eigenvalue weighted by atomic mass is 16.5. The van der Waals surface area contributed by atoms with E-state index in [-0.39, 0.29) is 0 Å². The molecule has 0 aliphatic rings. The Morgan fingerprint density at radius 1 is 0.840 bits per heavy atom. The third-order valence-corrected chi connectivity index (χ3v) is 4.17. The molecule has 0 aliphatic carbocycles. The topological polar surface area (TPSA) is 40.8 Å². The van der Waals surface area contributed by atoms with Crippen molar-refractivity contribution in [2.75, 3.05) is 28.4 Å². The molecule has 1 aromatic carbocycles. The third-order valence-electron chi connectivity index (χ3n) is 4.17. The summed E-state index contributed by atoms with van der Waals surface area (Å²) in [5.74, 6) is 2.75. The van der Waals surface area contributed by atoms with Crippen LogP contribution in [0.3, 0.4) is 0 Å². The minimum Gasteiger partial charge on any atom is -0.493 e. The summed E-state index contributed by atoms with van der Waals surface area (Å²) in [7, 11) is 8.55. The summed E-state index contributed by atoms with van der Waals surface area (Å²) in [4.78, 5) is 0. The Bertz CT molecular complexity index is 744. The van der Waals surface area contributed by atoms with E-state index in [4.69, 9.17) is 18.9 Å². The second-order valence-corrected chi connectivity index (χ2v) is 5.48. The van der Waals surface area contributed by atoms with Crippen molar-refractivity contribution in [1.82, 2.24) is 0 Å². The van der Waals surface area contributed by atoms with Gasteiger partial charge in [-0.15, -0.1) is 0 Å². The van der Waals surface area contributed by atoms with E-state index in [9.17, 15) is 0 Å². The molecule has 1 aromatic heterocycles. The number of hydrogen-bond acceptors (Lipinski definition) is 4. The maximum absolute atomic E-state index is 5.43. The Morgan fingerprint density at radius 3 is 1.92 bits per heavy atom. The van der Waals surface area contributed by atoms with Crippen molar-refractivity contribution in [2.24, 2.45) is 7.05 Å². The molecule has 5 nitrogen and oxygen atoms in total. The van der Waals surface area contributed by atoms with Crippen LogP contribution in [0.5, 0.6) is 23.0 Å². The van der Waals surface area contributed by atoms with Crippen LogP contribution >= 0.6 is 0 Å². The van der Waals surface area contributed by atoms with Crippen molar-refractivity contribution in [1.29, 1.82) is 0 Å². The van der Waals surface area contributed by atoms with E-state index in [0.29, 0.717) is 17.2 Å². The second kappa shape index (κ2) is 8.42. The van der Waals surface area contributed by atoms with Crippen LogP contribution in [0.1, 0.15) is 23.9 Å². The smallest absolute Gasteiger partial charge is 0.223 e. The average Bonchev–Trinajstić information content (AvgIpc) is 2.65. The number of ether oxygens (including phenoxy) is 4. The van der Waals surface area contributed by atoms with Gasteiger partial charge in [0.05, 0.1) is 28.4 Å². The molecule has 2 rings (SSSR count). The first kappa shape index (κ1) is 18.6. The van der Waals surface area contributed by atoms with Gasteiger partial charge in [0.2, 0.25) is 17.1 Å². The van der Waals surface area contributed by atoms with E-state index in [0.717, 1.165) is 29.1 Å². The second-order valence-electron chi connectivity index (χ2n) is 5.48. The molecule has 0 atom stereocenters. The van der Waals surface area contributed by atoms with Gasteiger partial charge >= 0.3 is 0 Å². The molecular formula is C20H26NO4+. The predicted molar refractivity (Wildman–Crippen MR) is 98.6 cm³/mol. The van der Waals surface area contributed by atoms with E-state index in [2.05, 4.69) is 17.6 Å². The van der Waals surface area contributed by atoms with Crippen LogP contribution in [0.4, 0.5) is 0 Å². The molecule has 0 spiro atoms. The first-order chi connectivity index (χ1) is 12.1. The van der Waals surface area contributed by atoms with Gasteiger partial charge in [-0.2, -0.15) is 4.57 Å². The molecule has 0 saturated carbocycles. The average molecular weight is 344 g/mol. The Hall–Kier alpha value is -2.69. The summed E-state index contributed by atoms with van der Waals surface area (Å²) < 4.78 is 23.7. The van der Waals surface area contributed by atoms with Crippen molar-refractivity contribution in [3.8, 4) is 23.0 Å². The van der Waals surface area contributed by atoms with Crippen molar-refractivity contribution < 1.29 is 23.5 Å². The molecule has 0 amide bonds. The van der Waals surface area contributed by atoms with Gasteiger partial charge in [-0.25, -0.2) is 0 Å². The molecule has 5 heteroatoms. The van der Waals surface area contributed by atoms with Crippen LogP contribution in [0.25, 0.3) is 12.2 Å². The van der Waals surface area contributed by atoms with Crippen LogP contribution in [-0.2, 0) is 13.5 Å². The van der Waals surface area contributed by atoms with E-state index in [1.165, 1.54) is 0 Å². The first-order valence-corrected chi connectivity index (χ1v) is 8.13. The fourth-order valence-electron chi connectivity index (χ4n) is 2.83. The largest absolute Gasteiger partial charge is 0.493 e. The zero-order valence-corrected chi connectivity index (χ0v) is 15.8. The number of nitrogens with zero attached hydrogens (tertiary/aromatic N) is 1. The molecule has 1 heterocycles. The standard InChI is InChI=1S/C20H26NO4/c1-7-16-17(22-3)11-10-15(21(16)2)9-8-14-12-18(23-4)20(25-6)19(13-14)24-5/h8-13H,7H2,1-6H3/q+1/b9-8+. The van der Waals surface area contributed by atoms with E-state index in [1.807, 2.05) is 37.4 Å². The lowest BCUT2D eigenvalue weighted by atomic mass is 10.1. The monoisotopic (exact) mass is 344 g/mol. The zero-order valence-electron chi connectivity index (χ0n) is 15.8. The van der Waals surface area contributed by atoms with Gasteiger partial charge in [0.1, 0.15) is 7.05 Å². The minimum absolute atomic E-state index is 0.588. The Kier molecular flexibility index (Phi) is 6.28. The lowest BCUT2D eigenvalue weighted by molar-refractivity contribution is -0.681. The fourth-order valence-corrected chi connectivity index (χ4v) is 2.83. The molecule has 0 unspecified atom stereocenters. The number of pyridine rings is 1. The Morgan fingerprint density at radius 2 is 1.44 bits per heavy atom. The highest BCUT2D eigenvalue weighted by molar-refractivity contribution is 5.71. The van der Waals surface area contributed by atoms with E-state index >= 15 is 0 Å². The van der Waals surface area contributed by atoms with Gasteiger partial charge in [-0.1, -0.05) is 6.92 Å². The van der Waals surface area contributed by atoms with E-state index in [1.54, 1.807) is 28.4 Å². The summed E-state index contributed by atoms with van der Waals surface area (Å²) in [5.41, 5.74) is 3.18. The molecule has 0 N–H and O–H groups in total. The first-order valence-electron chi connectivity index (χ1n) is 8.13. The van der Waals surface area contributed by atoms with Gasteiger partial charge in [0, 0.05) is 18.6 Å². The number of benzene rings is 1. The van der Waals surface area contributed by atoms with Crippen LogP contribution in [-0.4, -0.2) is 28.4 Å². The van der Waals surface area contributed by atoms with Crippen LogP contribution < -0.4 is 23.5 Å². The third kappa shape index (κ3) is 3.87. The molecule has 0 saturated heterocycles. The Labute approximate surface area is 149 Å². The number of aromatic nitrogens is 1. The van der Waals surface area contributed by atoms with Crippen LogP contribution in [0, 0.1) is 0 Å². The van der Waals surface area contributed by atoms with E-state index < -0.39 is 0 Å². The minimum atomic E-state index is 0.588. The molecule has 2 aromatic rings. The van der Waals surface area contributed by atoms with Crippen molar-refractivity contribution in [2.45, 2.75) is 13.3 Å². The van der Waals surface area contributed by atoms with Crippen LogP contribution in [0.15, 0.2) is 24.3 Å². The van der Waals surface area contributed by atoms with Gasteiger partial charge in [0.25, 0.3) is 0 Å². The lowest BCUT2D eigenvalue weighted by Gasteiger charge is -2.12. The number of methoxy groups -OCH3 is 4. The number of rotatable bonds is 7. The summed E-state index contributed by atoms with van der Waals surface area (Å²) in [6.07, 6.45) is 4.97. The predicted octanol–water partition coefficient (Wildman–Crippen LogP) is 3.28. The molecule has 0 radical (unpaired) electrons. The van der Waals surface area contributed by atoms with Gasteiger partial charge in [0.15, 0.2) is 17.2 Å². The molecule has 0 aliphatic heterocycles. The highest BCUT2D eigenvalue weighted by Gasteiger charge is 2.16. The fraction of sp³-hybridized carbons (Fsp3) is 0.350. The number of hydrogen-bond donors (Lipinski definition) is 0. The normalized spacial score (nSPS) is 10.8. The molecule has 0 bridgehead atoms. The molecule has 134 valence electrons. The molecule has 0 fully saturated rings. The van der Waals surface area contributed by atoms with Crippen molar-refractivity contribution >= 4 is 12.2 Å². The summed E-state index contributed by atoms with van der Waals surface area (Å²) >= 11 is 0. The maximum Gasteiger partial charge on any atom is 0.223 e. The lowest BCUT2D eigenvalue weighted by Crippen LogP contribution is -2.37. The van der Waals surface area contributed by atoms with Crippen molar-refractivity contribution in [3.63, 3.8) is 0 Å². The molecular weight excluding hydrogens is 318 g/mol. The van der Waals surface area contributed by atoms with Crippen molar-refractivity contribution in [3.05, 3.63) is 41.2 Å². The SMILES string of the molecule is CCc1c(OC)ccc(/C=C/c2cc(OC)c(OC)c(OC)c2)[n+]1C. The van der Waals surface area contributed by atoms with Crippen LogP contribution in [0.2, 0.25) is 0 Å². The van der Waals surface area contributed by atoms with Gasteiger partial charge in [-0.3, -0.25) is 0 Å². The summed E-state index contributed by atoms with van der Waals surface area (Å²) in [6, 6.07) is 7.87. The van der Waals surface area contributed by atoms with Gasteiger partial charge in [-0.05, 0) is 29.8 Å². The highest BCUT2D eigenvalue weighted by Crippen LogP contribution is 2.38. The maximum atomic E-state index is 5.43.